The third-order valence-corrected chi connectivity index (χ3v) is 12.3. The normalized spacial score (nSPS) is 28.9. The van der Waals surface area contributed by atoms with Crippen molar-refractivity contribution in [2.24, 2.45) is 17.3 Å². The topological polar surface area (TPSA) is 161 Å². The van der Waals surface area contributed by atoms with Crippen LogP contribution in [0.4, 0.5) is 0 Å². The van der Waals surface area contributed by atoms with E-state index in [1.807, 2.05) is 71.0 Å². The van der Waals surface area contributed by atoms with Crippen molar-refractivity contribution >= 4 is 50.6 Å². The Kier molecular flexibility index (Phi) is 9.58. The Morgan fingerprint density at radius 2 is 1.88 bits per heavy atom. The van der Waals surface area contributed by atoms with Gasteiger partial charge < -0.3 is 19.7 Å². The van der Waals surface area contributed by atoms with Gasteiger partial charge in [0.1, 0.15) is 23.3 Å². The number of hydrogen-bond donors (Lipinski definition) is 2. The second-order valence-electron chi connectivity index (χ2n) is 16.1. The van der Waals surface area contributed by atoms with Crippen LogP contribution in [0.5, 0.6) is 5.88 Å². The smallest absolute Gasteiger partial charge is 0.307 e. The fraction of sp³-hybridized carbons (Fsp3) is 0.553. The first-order valence-corrected chi connectivity index (χ1v) is 19.2. The van der Waals surface area contributed by atoms with Gasteiger partial charge in [-0.2, -0.15) is 0 Å². The van der Waals surface area contributed by atoms with E-state index in [1.165, 1.54) is 11.0 Å². The van der Waals surface area contributed by atoms with E-state index in [0.717, 1.165) is 16.3 Å². The molecule has 12 nitrogen and oxygen atoms in total. The van der Waals surface area contributed by atoms with Gasteiger partial charge in [0.2, 0.25) is 27.7 Å². The largest absolute Gasteiger partial charge is 0.472 e. The van der Waals surface area contributed by atoms with Gasteiger partial charge in [-0.3, -0.25) is 23.9 Å². The lowest BCUT2D eigenvalue weighted by Gasteiger charge is -2.35. The number of pyridine rings is 1. The number of esters is 1. The Morgan fingerprint density at radius 1 is 1.14 bits per heavy atom. The number of cyclic esters (lactones) is 1. The van der Waals surface area contributed by atoms with Crippen LogP contribution >= 0.6 is 0 Å². The second-order valence-corrected chi connectivity index (χ2v) is 18.0. The van der Waals surface area contributed by atoms with Gasteiger partial charge in [0, 0.05) is 23.9 Å². The van der Waals surface area contributed by atoms with Crippen molar-refractivity contribution in [2.45, 2.75) is 108 Å². The number of sulfonamides is 1. The molecule has 2 saturated carbocycles. The molecule has 274 valence electrons. The van der Waals surface area contributed by atoms with Gasteiger partial charge >= 0.3 is 5.97 Å². The SMILES string of the molecule is C=C[C@@H]1C[C@]1(NC(=O)[C@@H]1C[C@@H]2CN1C(=O)[C@H](C(C)(C)C)CC(=O)OC(C)(C)CC/C=C/c1ccc3ccnc(c3c1)O2)C(=O)NS(=O)(=O)C1CC1. The molecule has 4 bridgehead atoms. The number of rotatable bonds is 6. The zero-order chi connectivity index (χ0) is 36.9. The van der Waals surface area contributed by atoms with Crippen molar-refractivity contribution in [2.75, 3.05) is 6.54 Å². The molecule has 2 N–H and O–H groups in total. The van der Waals surface area contributed by atoms with Gasteiger partial charge in [0.05, 0.1) is 24.1 Å². The minimum Gasteiger partial charge on any atom is -0.472 e. The second kappa shape index (κ2) is 13.4. The minimum absolute atomic E-state index is 0.0157. The molecule has 0 radical (unpaired) electrons. The van der Waals surface area contributed by atoms with Crippen LogP contribution in [0.1, 0.15) is 85.1 Å². The highest BCUT2D eigenvalue weighted by atomic mass is 32.2. The van der Waals surface area contributed by atoms with Gasteiger partial charge in [0.15, 0.2) is 0 Å². The average Bonchev–Trinajstić information content (AvgIpc) is 3.97. The van der Waals surface area contributed by atoms with Gasteiger partial charge in [-0.05, 0) is 74.4 Å². The first-order chi connectivity index (χ1) is 23.9. The monoisotopic (exact) mass is 720 g/mol. The molecule has 1 aromatic carbocycles. The van der Waals surface area contributed by atoms with Gasteiger partial charge in [-0.1, -0.05) is 51.1 Å². The van der Waals surface area contributed by atoms with Gasteiger partial charge in [-0.25, -0.2) is 13.4 Å². The van der Waals surface area contributed by atoms with Crippen molar-refractivity contribution in [1.82, 2.24) is 19.9 Å². The number of nitrogens with zero attached hydrogens (tertiary/aromatic N) is 2. The molecule has 51 heavy (non-hydrogen) atoms. The lowest BCUT2D eigenvalue weighted by Crippen LogP contribution is -2.57. The van der Waals surface area contributed by atoms with Gasteiger partial charge in [0.25, 0.3) is 5.91 Å². The number of amides is 3. The third kappa shape index (κ3) is 7.83. The summed E-state index contributed by atoms with van der Waals surface area (Å²) in [6, 6.07) is 6.73. The molecular formula is C38H48N4O8S. The van der Waals surface area contributed by atoms with Crippen molar-refractivity contribution in [1.29, 1.82) is 0 Å². The first kappa shape index (κ1) is 36.5. The maximum absolute atomic E-state index is 14.6. The Morgan fingerprint density at radius 3 is 2.55 bits per heavy atom. The molecule has 6 rings (SSSR count). The predicted octanol–water partition coefficient (Wildman–Crippen LogP) is 4.43. The molecule has 13 heteroatoms. The molecule has 4 aliphatic rings. The molecule has 1 aromatic heterocycles. The van der Waals surface area contributed by atoms with E-state index in [4.69, 9.17) is 9.47 Å². The molecule has 2 aliphatic carbocycles. The van der Waals surface area contributed by atoms with E-state index >= 15 is 0 Å². The first-order valence-electron chi connectivity index (χ1n) is 17.7. The lowest BCUT2D eigenvalue weighted by atomic mass is 9.77. The molecule has 3 amide bonds. The van der Waals surface area contributed by atoms with Crippen LogP contribution in [0.25, 0.3) is 16.8 Å². The van der Waals surface area contributed by atoms with Crippen LogP contribution in [0, 0.1) is 17.3 Å². The number of nitrogens with one attached hydrogen (secondary N) is 2. The summed E-state index contributed by atoms with van der Waals surface area (Å²) < 4.78 is 39.9. The van der Waals surface area contributed by atoms with E-state index in [9.17, 15) is 27.6 Å². The van der Waals surface area contributed by atoms with Crippen LogP contribution in [0.2, 0.25) is 0 Å². The molecule has 2 aliphatic heterocycles. The van der Waals surface area contributed by atoms with Crippen LogP contribution in [-0.4, -0.2) is 77.1 Å². The fourth-order valence-corrected chi connectivity index (χ4v) is 8.45. The Hall–Kier alpha value is -4.26. The molecule has 3 heterocycles. The molecule has 1 saturated heterocycles. The molecule has 5 atom stereocenters. The van der Waals surface area contributed by atoms with E-state index in [-0.39, 0.29) is 25.8 Å². The Labute approximate surface area is 299 Å². The lowest BCUT2D eigenvalue weighted by molar-refractivity contribution is -0.162. The highest BCUT2D eigenvalue weighted by Crippen LogP contribution is 2.46. The molecule has 0 unspecified atom stereocenters. The number of aromatic nitrogens is 1. The van der Waals surface area contributed by atoms with Crippen molar-refractivity contribution in [3.8, 4) is 5.88 Å². The van der Waals surface area contributed by atoms with E-state index in [0.29, 0.717) is 31.6 Å². The highest BCUT2D eigenvalue weighted by molar-refractivity contribution is 7.91. The maximum Gasteiger partial charge on any atom is 0.307 e. The van der Waals surface area contributed by atoms with Crippen LogP contribution in [0.3, 0.4) is 0 Å². The van der Waals surface area contributed by atoms with Crippen LogP contribution in [-0.2, 0) is 33.9 Å². The zero-order valence-corrected chi connectivity index (χ0v) is 30.8. The summed E-state index contributed by atoms with van der Waals surface area (Å²) in [5.41, 5.74) is -2.08. The van der Waals surface area contributed by atoms with Crippen molar-refractivity contribution in [3.63, 3.8) is 0 Å². The van der Waals surface area contributed by atoms with Crippen LogP contribution in [0.15, 0.2) is 49.2 Å². The number of benzene rings is 1. The summed E-state index contributed by atoms with van der Waals surface area (Å²) in [6.45, 7) is 13.1. The van der Waals surface area contributed by atoms with E-state index < -0.39 is 79.5 Å². The highest BCUT2D eigenvalue weighted by Gasteiger charge is 2.62. The summed E-state index contributed by atoms with van der Waals surface area (Å²) in [5, 5.41) is 3.87. The summed E-state index contributed by atoms with van der Waals surface area (Å²) in [7, 11) is -3.88. The quantitative estimate of drug-likeness (QED) is 0.325. The van der Waals surface area contributed by atoms with E-state index in [2.05, 4.69) is 21.6 Å². The average molecular weight is 721 g/mol. The molecule has 3 fully saturated rings. The Balaban J connectivity index is 1.35. The maximum atomic E-state index is 14.6. The number of allylic oxidation sites excluding steroid dienone is 1. The number of ether oxygens (including phenoxy) is 2. The minimum atomic E-state index is -3.88. The van der Waals surface area contributed by atoms with Crippen molar-refractivity contribution in [3.05, 3.63) is 54.8 Å². The molecule has 0 spiro atoms. The number of carbonyl (C=O) groups excluding carboxylic acids is 4. The Bertz CT molecular complexity index is 1900. The summed E-state index contributed by atoms with van der Waals surface area (Å²) in [6.07, 6.45) is 8.71. The van der Waals surface area contributed by atoms with E-state index in [1.54, 1.807) is 6.20 Å². The molecule has 2 aromatic rings. The van der Waals surface area contributed by atoms with Gasteiger partial charge in [-0.15, -0.1) is 6.58 Å². The summed E-state index contributed by atoms with van der Waals surface area (Å²) in [4.78, 5) is 61.7. The predicted molar refractivity (Wildman–Crippen MR) is 192 cm³/mol. The number of carbonyl (C=O) groups is 4. The summed E-state index contributed by atoms with van der Waals surface area (Å²) >= 11 is 0. The zero-order valence-electron chi connectivity index (χ0n) is 29.9. The van der Waals surface area contributed by atoms with Crippen LogP contribution < -0.4 is 14.8 Å². The standard InChI is InChI=1S/C38H48N4O8S/c1-7-25-21-38(25,35(46)41-51(47,48)27-13-14-27)40-32(44)30-19-26-22-42(30)34(45)29(36(2,3)4)20-31(43)50-37(5,6)16-9-8-10-23-11-12-24-15-17-39-33(49-26)28(24)18-23/h7-8,10-12,15,17-18,25-27,29-30H,1,9,13-14,16,19-22H2,2-6H3,(H,40,44)(H,41,46)/b10-8+/t25-,26-,29-,30+,38-/m1/s1. The third-order valence-electron chi connectivity index (χ3n) is 10.5. The number of fused-ring (bicyclic) bond motifs is 3. The summed E-state index contributed by atoms with van der Waals surface area (Å²) in [5.74, 6) is -3.39. The fourth-order valence-electron chi connectivity index (χ4n) is 7.09. The molecular weight excluding hydrogens is 673 g/mol. The van der Waals surface area contributed by atoms with Crippen molar-refractivity contribution < 1.29 is 37.1 Å². The number of hydrogen-bond acceptors (Lipinski definition) is 9.